The first-order valence-electron chi connectivity index (χ1n) is 8.50. The van der Waals surface area contributed by atoms with E-state index in [1.54, 1.807) is 20.8 Å². The number of fused-ring (bicyclic) bond motifs is 1. The number of hydrogen-bond acceptors (Lipinski definition) is 9. The molecule has 11 nitrogen and oxygen atoms in total. The molecule has 0 aliphatic carbocycles. The Kier molecular flexibility index (Phi) is 5.72. The Hall–Kier alpha value is -1.69. The van der Waals surface area contributed by atoms with Crippen molar-refractivity contribution < 1.29 is 37.1 Å². The molecule has 3 heterocycles. The average molecular weight is 424 g/mol. The number of nitrogens with one attached hydrogen (secondary N) is 1. The normalized spacial score (nSPS) is 27.8. The Bertz CT molecular complexity index is 866. The van der Waals surface area contributed by atoms with Gasteiger partial charge in [-0.15, -0.1) is 0 Å². The molecule has 2 fully saturated rings. The number of carbonyl (C=O) groups excluding carboxylic acids is 1. The van der Waals surface area contributed by atoms with Crippen LogP contribution in [0.2, 0.25) is 0 Å². The Morgan fingerprint density at radius 1 is 1.43 bits per heavy atom. The summed E-state index contributed by atoms with van der Waals surface area (Å²) in [6, 6.07) is 0. The second-order valence-corrected chi connectivity index (χ2v) is 9.30. The third kappa shape index (κ3) is 4.48. The van der Waals surface area contributed by atoms with E-state index in [1.807, 2.05) is 4.98 Å². The van der Waals surface area contributed by atoms with Crippen LogP contribution in [0.15, 0.2) is 15.8 Å². The molecule has 2 aliphatic heterocycles. The van der Waals surface area contributed by atoms with E-state index in [9.17, 15) is 23.7 Å². The number of H-pyrrole nitrogens is 1. The molecule has 0 radical (unpaired) electrons. The molecule has 158 valence electrons. The predicted octanol–water partition coefficient (Wildman–Crippen LogP) is 0.344. The molecule has 2 saturated heterocycles. The van der Waals surface area contributed by atoms with Crippen molar-refractivity contribution in [3.8, 4) is 0 Å². The molecular formula is C15H22FN2O9P. The van der Waals surface area contributed by atoms with Crippen molar-refractivity contribution in [2.45, 2.75) is 45.6 Å². The number of halogens is 1. The number of ether oxygens (including phenoxy) is 2. The van der Waals surface area contributed by atoms with Crippen molar-refractivity contribution in [3.05, 3.63) is 32.9 Å². The number of hydrogen-bond donors (Lipinski definition) is 2. The molecule has 0 amide bonds. The first-order valence-corrected chi connectivity index (χ1v) is 10.2. The van der Waals surface area contributed by atoms with Gasteiger partial charge in [-0.25, -0.2) is 0 Å². The minimum atomic E-state index is -4.09. The molecule has 0 spiro atoms. The van der Waals surface area contributed by atoms with E-state index in [2.05, 4.69) is 0 Å². The van der Waals surface area contributed by atoms with E-state index in [-0.39, 0.29) is 13.0 Å². The van der Waals surface area contributed by atoms with Gasteiger partial charge < -0.3 is 0 Å². The number of aromatic amines is 1. The first-order chi connectivity index (χ1) is 13.0. The van der Waals surface area contributed by atoms with Crippen LogP contribution in [-0.2, 0) is 27.8 Å². The molecule has 2 N–H and O–H groups in total. The SMILES string of the molecule is CC(C)(C)C(=O)OCO[PH]1(O)OC[C@H]2O[C@@H](n3cc(F)c(=O)[nH]c3=O)C[C@@H]2O1. The van der Waals surface area contributed by atoms with Gasteiger partial charge in [0.15, 0.2) is 0 Å². The molecule has 2 aliphatic rings. The maximum absolute atomic E-state index is 13.5. The molecule has 3 rings (SSSR count). The summed E-state index contributed by atoms with van der Waals surface area (Å²) in [5.41, 5.74) is -2.71. The summed E-state index contributed by atoms with van der Waals surface area (Å²) < 4.78 is 40.7. The van der Waals surface area contributed by atoms with Gasteiger partial charge in [-0.2, -0.15) is 0 Å². The molecule has 3 atom stereocenters. The van der Waals surface area contributed by atoms with E-state index in [0.717, 1.165) is 10.8 Å². The summed E-state index contributed by atoms with van der Waals surface area (Å²) in [4.78, 5) is 47.0. The minimum absolute atomic E-state index is 0.0832. The summed E-state index contributed by atoms with van der Waals surface area (Å²) in [5.74, 6) is -1.66. The second kappa shape index (κ2) is 7.62. The van der Waals surface area contributed by atoms with Crippen molar-refractivity contribution in [3.63, 3.8) is 0 Å². The standard InChI is InChI=1S/C15H22FN2O9P/c1-15(2,3)13(20)23-7-25-28(22)24-6-10-9(27-28)4-11(26-10)18-5-8(16)12(19)17-14(18)21/h5,9-11,22,28H,4,6-7H2,1-3H3,(H,17,19,21)/t9-,10+,11+/m0/s1. The Morgan fingerprint density at radius 2 is 2.14 bits per heavy atom. The number of nitrogens with zero attached hydrogens (tertiary/aromatic N) is 1. The van der Waals surface area contributed by atoms with E-state index >= 15 is 0 Å². The third-order valence-corrected chi connectivity index (χ3v) is 5.80. The van der Waals surface area contributed by atoms with Gasteiger partial charge >= 0.3 is 158 Å². The van der Waals surface area contributed by atoms with Crippen LogP contribution in [0, 0.1) is 11.2 Å². The number of esters is 1. The van der Waals surface area contributed by atoms with E-state index < -0.39 is 61.8 Å². The summed E-state index contributed by atoms with van der Waals surface area (Å²) in [6.45, 7) is 4.34. The first kappa shape index (κ1) is 21.0. The number of rotatable bonds is 4. The molecule has 28 heavy (non-hydrogen) atoms. The van der Waals surface area contributed by atoms with Gasteiger partial charge in [0.2, 0.25) is 0 Å². The average Bonchev–Trinajstić information content (AvgIpc) is 2.99. The zero-order valence-corrected chi connectivity index (χ0v) is 16.5. The quantitative estimate of drug-likeness (QED) is 0.398. The molecule has 1 aromatic rings. The summed E-state index contributed by atoms with van der Waals surface area (Å²) in [7, 11) is -4.09. The molecular weight excluding hydrogens is 402 g/mol. The zero-order chi connectivity index (χ0) is 20.7. The van der Waals surface area contributed by atoms with Crippen LogP contribution >= 0.6 is 8.17 Å². The van der Waals surface area contributed by atoms with Crippen molar-refractivity contribution >= 4 is 14.1 Å². The van der Waals surface area contributed by atoms with Crippen molar-refractivity contribution in [1.82, 2.24) is 9.55 Å². The Morgan fingerprint density at radius 3 is 2.82 bits per heavy atom. The van der Waals surface area contributed by atoms with Crippen LogP contribution in [0.5, 0.6) is 0 Å². The fourth-order valence-corrected chi connectivity index (χ4v) is 4.12. The predicted molar refractivity (Wildman–Crippen MR) is 92.7 cm³/mol. The van der Waals surface area contributed by atoms with Gasteiger partial charge in [-0.05, 0) is 0 Å². The monoisotopic (exact) mass is 424 g/mol. The van der Waals surface area contributed by atoms with E-state index in [4.69, 9.17) is 23.0 Å². The van der Waals surface area contributed by atoms with Crippen LogP contribution in [0.4, 0.5) is 4.39 Å². The molecule has 0 bridgehead atoms. The van der Waals surface area contributed by atoms with Crippen molar-refractivity contribution in [1.29, 1.82) is 0 Å². The van der Waals surface area contributed by atoms with E-state index in [0.29, 0.717) is 0 Å². The topological polar surface area (TPSA) is 138 Å². The van der Waals surface area contributed by atoms with Crippen molar-refractivity contribution in [2.24, 2.45) is 5.41 Å². The van der Waals surface area contributed by atoms with Gasteiger partial charge in [0.25, 0.3) is 0 Å². The fourth-order valence-electron chi connectivity index (χ4n) is 2.68. The van der Waals surface area contributed by atoms with Crippen LogP contribution in [-0.4, -0.2) is 46.0 Å². The molecule has 0 saturated carbocycles. The fraction of sp³-hybridized carbons (Fsp3) is 0.667. The Labute approximate surface area is 159 Å². The van der Waals surface area contributed by atoms with Crippen molar-refractivity contribution in [2.75, 3.05) is 13.4 Å². The third-order valence-electron chi connectivity index (χ3n) is 4.19. The summed E-state index contributed by atoms with van der Waals surface area (Å²) in [5, 5.41) is 0. The zero-order valence-electron chi connectivity index (χ0n) is 15.5. The molecule has 0 aromatic carbocycles. The van der Waals surface area contributed by atoms with Gasteiger partial charge in [-0.1, -0.05) is 0 Å². The second-order valence-electron chi connectivity index (χ2n) is 7.44. The van der Waals surface area contributed by atoms with Crippen LogP contribution in [0.1, 0.15) is 33.4 Å². The van der Waals surface area contributed by atoms with Crippen LogP contribution in [0.25, 0.3) is 0 Å². The molecule has 13 heteroatoms. The Balaban J connectivity index is 1.61. The van der Waals surface area contributed by atoms with Crippen LogP contribution in [0.3, 0.4) is 0 Å². The maximum atomic E-state index is 13.5. The van der Waals surface area contributed by atoms with Gasteiger partial charge in [-0.3, -0.25) is 0 Å². The van der Waals surface area contributed by atoms with Gasteiger partial charge in [0, 0.05) is 0 Å². The summed E-state index contributed by atoms with van der Waals surface area (Å²) in [6.07, 6.45) is -1.43. The van der Waals surface area contributed by atoms with Gasteiger partial charge in [0.05, 0.1) is 0 Å². The number of aromatic nitrogens is 2. The van der Waals surface area contributed by atoms with E-state index in [1.165, 1.54) is 0 Å². The molecule has 0 unspecified atom stereocenters. The molecule has 1 aromatic heterocycles. The van der Waals surface area contributed by atoms with Gasteiger partial charge in [0.1, 0.15) is 0 Å². The summed E-state index contributed by atoms with van der Waals surface area (Å²) >= 11 is 0. The number of carbonyl (C=O) groups is 1. The van der Waals surface area contributed by atoms with Crippen LogP contribution < -0.4 is 11.2 Å².